The lowest BCUT2D eigenvalue weighted by Gasteiger charge is -2.09. The van der Waals surface area contributed by atoms with Gasteiger partial charge in [-0.05, 0) is 49.4 Å². The van der Waals surface area contributed by atoms with Gasteiger partial charge in [0.1, 0.15) is 5.75 Å². The first-order chi connectivity index (χ1) is 13.1. The number of aliphatic imine (C=N–C) groups is 1. The number of hydrogen-bond acceptors (Lipinski definition) is 6. The van der Waals surface area contributed by atoms with Crippen molar-refractivity contribution in [3.05, 3.63) is 52.4 Å². The lowest BCUT2D eigenvalue weighted by Crippen LogP contribution is -2.19. The highest BCUT2D eigenvalue weighted by Gasteiger charge is 2.25. The van der Waals surface area contributed by atoms with Crippen molar-refractivity contribution in [3.63, 3.8) is 0 Å². The molecule has 1 fully saturated rings. The second kappa shape index (κ2) is 7.36. The molecule has 0 bridgehead atoms. The molecule has 1 amide bonds. The van der Waals surface area contributed by atoms with Gasteiger partial charge in [0, 0.05) is 11.6 Å². The fourth-order valence-corrected chi connectivity index (χ4v) is 3.58. The number of ether oxygens (including phenoxy) is 3. The van der Waals surface area contributed by atoms with Gasteiger partial charge < -0.3 is 19.5 Å². The lowest BCUT2D eigenvalue weighted by atomic mass is 10.1. The van der Waals surface area contributed by atoms with Crippen molar-refractivity contribution >= 4 is 34.6 Å². The molecule has 0 atom stereocenters. The summed E-state index contributed by atoms with van der Waals surface area (Å²) in [6, 6.07) is 11.4. The number of thioether (sulfide) groups is 1. The Balaban J connectivity index is 1.65. The minimum absolute atomic E-state index is 0.184. The van der Waals surface area contributed by atoms with Gasteiger partial charge in [-0.2, -0.15) is 0 Å². The molecule has 27 heavy (non-hydrogen) atoms. The SMILES string of the molecule is CCOc1cc2c(cc1/C=C1/SC(=Nc3ccccc3C)NC1=O)OCO2. The van der Waals surface area contributed by atoms with Crippen LogP contribution in [0.5, 0.6) is 17.2 Å². The van der Waals surface area contributed by atoms with Crippen molar-refractivity contribution in [2.45, 2.75) is 13.8 Å². The van der Waals surface area contributed by atoms with Crippen LogP contribution in [0.15, 0.2) is 46.3 Å². The lowest BCUT2D eigenvalue weighted by molar-refractivity contribution is -0.115. The predicted molar refractivity (Wildman–Crippen MR) is 106 cm³/mol. The molecule has 2 aliphatic heterocycles. The van der Waals surface area contributed by atoms with Crippen molar-refractivity contribution in [2.24, 2.45) is 4.99 Å². The van der Waals surface area contributed by atoms with Crippen LogP contribution in [0, 0.1) is 6.92 Å². The molecule has 2 aliphatic rings. The second-order valence-electron chi connectivity index (χ2n) is 5.94. The van der Waals surface area contributed by atoms with Gasteiger partial charge in [-0.15, -0.1) is 0 Å². The van der Waals surface area contributed by atoms with Gasteiger partial charge in [0.25, 0.3) is 5.91 Å². The number of benzene rings is 2. The molecule has 1 N–H and O–H groups in total. The van der Waals surface area contributed by atoms with E-state index >= 15 is 0 Å². The van der Waals surface area contributed by atoms with Crippen molar-refractivity contribution in [2.75, 3.05) is 13.4 Å². The third-order valence-electron chi connectivity index (χ3n) is 4.08. The highest BCUT2D eigenvalue weighted by atomic mass is 32.2. The molecule has 4 rings (SSSR count). The number of hydrogen-bond donors (Lipinski definition) is 1. The van der Waals surface area contributed by atoms with Crippen LogP contribution in [0.3, 0.4) is 0 Å². The summed E-state index contributed by atoms with van der Waals surface area (Å²) < 4.78 is 16.5. The number of nitrogens with zero attached hydrogens (tertiary/aromatic N) is 1. The van der Waals surface area contributed by atoms with E-state index in [1.54, 1.807) is 12.1 Å². The van der Waals surface area contributed by atoms with Gasteiger partial charge in [-0.1, -0.05) is 18.2 Å². The first kappa shape index (κ1) is 17.5. The first-order valence-electron chi connectivity index (χ1n) is 8.55. The maximum absolute atomic E-state index is 12.4. The van der Waals surface area contributed by atoms with Crippen LogP contribution >= 0.6 is 11.8 Å². The van der Waals surface area contributed by atoms with Gasteiger partial charge in [0.05, 0.1) is 17.2 Å². The zero-order chi connectivity index (χ0) is 18.8. The molecule has 7 heteroatoms. The summed E-state index contributed by atoms with van der Waals surface area (Å²) in [6.45, 7) is 4.59. The molecule has 0 radical (unpaired) electrons. The van der Waals surface area contributed by atoms with Crippen LogP contribution in [0.4, 0.5) is 5.69 Å². The number of amides is 1. The molecular weight excluding hydrogens is 364 g/mol. The number of carbonyl (C=O) groups is 1. The standard InChI is InChI=1S/C20H18N2O4S/c1-3-24-15-10-17-16(25-11-26-17)8-13(15)9-18-19(23)22-20(27-18)21-14-7-5-4-6-12(14)2/h4-10H,3,11H2,1-2H3,(H,21,22,23)/b18-9+. The maximum Gasteiger partial charge on any atom is 0.264 e. The number of fused-ring (bicyclic) bond motifs is 1. The molecule has 0 aliphatic carbocycles. The van der Waals surface area contributed by atoms with Crippen molar-refractivity contribution in [1.29, 1.82) is 0 Å². The highest BCUT2D eigenvalue weighted by molar-refractivity contribution is 8.18. The fourth-order valence-electron chi connectivity index (χ4n) is 2.75. The Kier molecular flexibility index (Phi) is 4.77. The van der Waals surface area contributed by atoms with E-state index in [1.165, 1.54) is 11.8 Å². The summed E-state index contributed by atoms with van der Waals surface area (Å²) in [6.07, 6.45) is 1.79. The average molecular weight is 382 g/mol. The third-order valence-corrected chi connectivity index (χ3v) is 4.99. The molecule has 2 aromatic carbocycles. The molecule has 6 nitrogen and oxygen atoms in total. The normalized spacial score (nSPS) is 18.2. The summed E-state index contributed by atoms with van der Waals surface area (Å²) in [5.74, 6) is 1.74. The van der Waals surface area contributed by atoms with E-state index in [1.807, 2.05) is 44.2 Å². The van der Waals surface area contributed by atoms with E-state index in [0.29, 0.717) is 33.9 Å². The van der Waals surface area contributed by atoms with Crippen LogP contribution in [-0.2, 0) is 4.79 Å². The quantitative estimate of drug-likeness (QED) is 0.809. The summed E-state index contributed by atoms with van der Waals surface area (Å²) in [7, 11) is 0. The Morgan fingerprint density at radius 3 is 2.81 bits per heavy atom. The molecule has 0 saturated carbocycles. The molecule has 0 aromatic heterocycles. The Morgan fingerprint density at radius 2 is 2.04 bits per heavy atom. The van der Waals surface area contributed by atoms with Gasteiger partial charge in [-0.25, -0.2) is 4.99 Å². The molecular formula is C20H18N2O4S. The molecule has 1 saturated heterocycles. The van der Waals surface area contributed by atoms with E-state index in [-0.39, 0.29) is 12.7 Å². The topological polar surface area (TPSA) is 69.2 Å². The van der Waals surface area contributed by atoms with E-state index in [9.17, 15) is 4.79 Å². The van der Waals surface area contributed by atoms with Crippen LogP contribution in [-0.4, -0.2) is 24.5 Å². The van der Waals surface area contributed by atoms with E-state index < -0.39 is 0 Å². The Bertz CT molecular complexity index is 968. The molecule has 138 valence electrons. The van der Waals surface area contributed by atoms with Gasteiger partial charge in [0.15, 0.2) is 16.7 Å². The molecule has 2 heterocycles. The third kappa shape index (κ3) is 3.64. The Labute approximate surface area is 161 Å². The van der Waals surface area contributed by atoms with Crippen LogP contribution < -0.4 is 19.5 Å². The average Bonchev–Trinajstić information content (AvgIpc) is 3.24. The first-order valence-corrected chi connectivity index (χ1v) is 9.37. The number of amidine groups is 1. The van der Waals surface area contributed by atoms with E-state index in [4.69, 9.17) is 14.2 Å². The smallest absolute Gasteiger partial charge is 0.264 e. The molecule has 0 unspecified atom stereocenters. The van der Waals surface area contributed by atoms with Crippen molar-refractivity contribution < 1.29 is 19.0 Å². The number of aryl methyl sites for hydroxylation is 1. The predicted octanol–water partition coefficient (Wildman–Crippen LogP) is 4.01. The number of nitrogens with one attached hydrogen (secondary N) is 1. The van der Waals surface area contributed by atoms with Gasteiger partial charge in [0.2, 0.25) is 6.79 Å². The minimum atomic E-state index is -0.188. The molecule has 2 aromatic rings. The van der Waals surface area contributed by atoms with Crippen molar-refractivity contribution in [1.82, 2.24) is 5.32 Å². The van der Waals surface area contributed by atoms with Crippen LogP contribution in [0.25, 0.3) is 6.08 Å². The van der Waals surface area contributed by atoms with Crippen LogP contribution in [0.2, 0.25) is 0 Å². The molecule has 0 spiro atoms. The number of para-hydroxylation sites is 1. The maximum atomic E-state index is 12.4. The monoisotopic (exact) mass is 382 g/mol. The summed E-state index contributed by atoms with van der Waals surface area (Å²) in [4.78, 5) is 17.5. The largest absolute Gasteiger partial charge is 0.493 e. The fraction of sp³-hybridized carbons (Fsp3) is 0.200. The Hall–Kier alpha value is -2.93. The summed E-state index contributed by atoms with van der Waals surface area (Å²) in [5.41, 5.74) is 2.64. The van der Waals surface area contributed by atoms with Crippen LogP contribution in [0.1, 0.15) is 18.1 Å². The minimum Gasteiger partial charge on any atom is -0.493 e. The number of rotatable bonds is 4. The van der Waals surface area contributed by atoms with E-state index in [2.05, 4.69) is 10.3 Å². The van der Waals surface area contributed by atoms with E-state index in [0.717, 1.165) is 16.8 Å². The highest BCUT2D eigenvalue weighted by Crippen LogP contribution is 2.40. The van der Waals surface area contributed by atoms with Crippen molar-refractivity contribution in [3.8, 4) is 17.2 Å². The van der Waals surface area contributed by atoms with Gasteiger partial charge >= 0.3 is 0 Å². The van der Waals surface area contributed by atoms with Gasteiger partial charge in [-0.3, -0.25) is 4.79 Å². The zero-order valence-corrected chi connectivity index (χ0v) is 15.8. The summed E-state index contributed by atoms with van der Waals surface area (Å²) >= 11 is 1.30. The second-order valence-corrected chi connectivity index (χ2v) is 6.98. The zero-order valence-electron chi connectivity index (χ0n) is 14.9. The summed E-state index contributed by atoms with van der Waals surface area (Å²) in [5, 5.41) is 3.37. The Morgan fingerprint density at radius 1 is 1.26 bits per heavy atom. The number of carbonyl (C=O) groups excluding carboxylic acids is 1.